The van der Waals surface area contributed by atoms with Crippen LogP contribution in [0.2, 0.25) is 5.02 Å². The molecule has 0 aliphatic rings. The molecule has 1 unspecified atom stereocenters. The van der Waals surface area contributed by atoms with Crippen molar-refractivity contribution in [3.63, 3.8) is 0 Å². The van der Waals surface area contributed by atoms with Crippen molar-refractivity contribution >= 4 is 23.4 Å². The van der Waals surface area contributed by atoms with Crippen molar-refractivity contribution in [3.8, 4) is 0 Å². The first-order valence-electron chi connectivity index (χ1n) is 11.6. The number of halogens is 1. The van der Waals surface area contributed by atoms with Crippen molar-refractivity contribution in [1.82, 2.24) is 10.2 Å². The fourth-order valence-corrected chi connectivity index (χ4v) is 4.15. The molecule has 0 aromatic heterocycles. The Balaban J connectivity index is 1.99. The van der Waals surface area contributed by atoms with E-state index in [0.717, 1.165) is 22.3 Å². The molecular formula is C29H33ClN2O2. The van der Waals surface area contributed by atoms with Gasteiger partial charge in [0, 0.05) is 23.5 Å². The molecule has 0 saturated carbocycles. The molecule has 1 N–H and O–H groups in total. The van der Waals surface area contributed by atoms with E-state index in [-0.39, 0.29) is 18.2 Å². The van der Waals surface area contributed by atoms with E-state index in [0.29, 0.717) is 18.0 Å². The van der Waals surface area contributed by atoms with Crippen molar-refractivity contribution in [2.24, 2.45) is 0 Å². The minimum Gasteiger partial charge on any atom is -0.350 e. The third kappa shape index (κ3) is 7.74. The smallest absolute Gasteiger partial charge is 0.243 e. The summed E-state index contributed by atoms with van der Waals surface area (Å²) in [7, 11) is 0. The second-order valence-corrected chi connectivity index (χ2v) is 10.2. The average molecular weight is 477 g/mol. The van der Waals surface area contributed by atoms with Crippen molar-refractivity contribution in [1.29, 1.82) is 0 Å². The fraction of sp³-hybridized carbons (Fsp3) is 0.310. The third-order valence-corrected chi connectivity index (χ3v) is 5.68. The molecule has 0 spiro atoms. The molecule has 5 heteroatoms. The second kappa shape index (κ2) is 11.3. The van der Waals surface area contributed by atoms with Crippen LogP contribution >= 0.6 is 11.6 Å². The van der Waals surface area contributed by atoms with Gasteiger partial charge in [0.15, 0.2) is 0 Å². The number of nitrogens with one attached hydrogen (secondary N) is 1. The van der Waals surface area contributed by atoms with Crippen LogP contribution < -0.4 is 5.32 Å². The third-order valence-electron chi connectivity index (χ3n) is 5.45. The number of benzene rings is 3. The number of nitrogens with zero attached hydrogens (tertiary/aromatic N) is 1. The van der Waals surface area contributed by atoms with Gasteiger partial charge < -0.3 is 10.2 Å². The highest BCUT2D eigenvalue weighted by Gasteiger charge is 2.32. The zero-order valence-corrected chi connectivity index (χ0v) is 21.1. The molecule has 3 aromatic carbocycles. The van der Waals surface area contributed by atoms with E-state index in [9.17, 15) is 9.59 Å². The highest BCUT2D eigenvalue weighted by molar-refractivity contribution is 6.30. The number of carbonyl (C=O) groups is 2. The Morgan fingerprint density at radius 2 is 1.53 bits per heavy atom. The topological polar surface area (TPSA) is 49.4 Å². The van der Waals surface area contributed by atoms with E-state index in [1.165, 1.54) is 0 Å². The molecule has 0 radical (unpaired) electrons. The van der Waals surface area contributed by atoms with E-state index < -0.39 is 11.6 Å². The maximum absolute atomic E-state index is 13.7. The Bertz CT molecular complexity index is 1120. The number of rotatable bonds is 8. The monoisotopic (exact) mass is 476 g/mol. The van der Waals surface area contributed by atoms with Gasteiger partial charge in [0.2, 0.25) is 11.8 Å². The van der Waals surface area contributed by atoms with E-state index in [1.807, 2.05) is 88.4 Å². The van der Waals surface area contributed by atoms with Crippen LogP contribution in [-0.4, -0.2) is 28.3 Å². The van der Waals surface area contributed by atoms with Crippen molar-refractivity contribution < 1.29 is 9.59 Å². The summed E-state index contributed by atoms with van der Waals surface area (Å²) in [5.74, 6) is -0.280. The maximum atomic E-state index is 13.7. The molecule has 0 heterocycles. The lowest BCUT2D eigenvalue weighted by molar-refractivity contribution is -0.141. The van der Waals surface area contributed by atoms with Gasteiger partial charge >= 0.3 is 0 Å². The van der Waals surface area contributed by atoms with Gasteiger partial charge in [-0.2, -0.15) is 0 Å². The SMILES string of the molecule is Cc1cccc(CN(C(=O)Cc2cccc(Cl)c2)C(Cc2ccccc2)C(=O)NC(C)(C)C)c1. The lowest BCUT2D eigenvalue weighted by Gasteiger charge is -2.34. The standard InChI is InChI=1S/C29H33ClN2O2/c1-21-10-8-14-24(16-21)20-32(27(33)19-23-13-9-15-25(30)17-23)26(28(34)31-29(2,3)4)18-22-11-6-5-7-12-22/h5-17,26H,18-20H2,1-4H3,(H,31,34). The predicted molar refractivity (Wildman–Crippen MR) is 139 cm³/mol. The summed E-state index contributed by atoms with van der Waals surface area (Å²) in [5.41, 5.74) is 3.50. The number of hydrogen-bond donors (Lipinski definition) is 1. The van der Waals surface area contributed by atoms with Gasteiger partial charge in [0.1, 0.15) is 6.04 Å². The van der Waals surface area contributed by atoms with Gasteiger partial charge in [0.05, 0.1) is 6.42 Å². The van der Waals surface area contributed by atoms with Crippen LogP contribution in [0.5, 0.6) is 0 Å². The first-order valence-corrected chi connectivity index (χ1v) is 11.9. The van der Waals surface area contributed by atoms with E-state index in [2.05, 4.69) is 11.4 Å². The number of carbonyl (C=O) groups excluding carboxylic acids is 2. The van der Waals surface area contributed by atoms with E-state index in [1.54, 1.807) is 17.0 Å². The quantitative estimate of drug-likeness (QED) is 0.450. The van der Waals surface area contributed by atoms with Gasteiger partial charge in [-0.1, -0.05) is 83.9 Å². The normalized spacial score (nSPS) is 12.1. The molecule has 34 heavy (non-hydrogen) atoms. The summed E-state index contributed by atoms with van der Waals surface area (Å²) < 4.78 is 0. The van der Waals surface area contributed by atoms with Crippen LogP contribution in [0.3, 0.4) is 0 Å². The zero-order valence-electron chi connectivity index (χ0n) is 20.3. The predicted octanol–water partition coefficient (Wildman–Crippen LogP) is 5.75. The average Bonchev–Trinajstić information content (AvgIpc) is 2.75. The van der Waals surface area contributed by atoms with Crippen molar-refractivity contribution in [3.05, 3.63) is 106 Å². The van der Waals surface area contributed by atoms with E-state index >= 15 is 0 Å². The second-order valence-electron chi connectivity index (χ2n) is 9.76. The zero-order chi connectivity index (χ0) is 24.7. The van der Waals surface area contributed by atoms with Crippen LogP contribution in [0.15, 0.2) is 78.9 Å². The first kappa shape index (κ1) is 25.5. The molecule has 0 aliphatic carbocycles. The van der Waals surface area contributed by atoms with Crippen LogP contribution in [0.1, 0.15) is 43.0 Å². The lowest BCUT2D eigenvalue weighted by Crippen LogP contribution is -2.54. The number of amides is 2. The van der Waals surface area contributed by atoms with Gasteiger partial charge in [-0.25, -0.2) is 0 Å². The molecule has 0 saturated heterocycles. The lowest BCUT2D eigenvalue weighted by atomic mass is 9.99. The van der Waals surface area contributed by atoms with Crippen LogP contribution in [-0.2, 0) is 29.0 Å². The molecule has 3 aromatic rings. The van der Waals surface area contributed by atoms with Crippen molar-refractivity contribution in [2.45, 2.75) is 58.7 Å². The largest absolute Gasteiger partial charge is 0.350 e. The first-order chi connectivity index (χ1) is 16.1. The molecular weight excluding hydrogens is 444 g/mol. The molecule has 1 atom stereocenters. The highest BCUT2D eigenvalue weighted by atomic mass is 35.5. The van der Waals surface area contributed by atoms with Crippen LogP contribution in [0.4, 0.5) is 0 Å². The molecule has 0 aliphatic heterocycles. The van der Waals surface area contributed by atoms with Gasteiger partial charge in [-0.3, -0.25) is 9.59 Å². The van der Waals surface area contributed by atoms with E-state index in [4.69, 9.17) is 11.6 Å². The fourth-order valence-electron chi connectivity index (χ4n) is 3.94. The summed E-state index contributed by atoms with van der Waals surface area (Å²) >= 11 is 6.16. The molecule has 0 bridgehead atoms. The summed E-state index contributed by atoms with van der Waals surface area (Å²) in [6, 6.07) is 24.5. The Morgan fingerprint density at radius 1 is 0.882 bits per heavy atom. The number of aryl methyl sites for hydroxylation is 1. The Morgan fingerprint density at radius 3 is 2.18 bits per heavy atom. The maximum Gasteiger partial charge on any atom is 0.243 e. The Labute approximate surface area is 207 Å². The molecule has 4 nitrogen and oxygen atoms in total. The van der Waals surface area contributed by atoms with Gasteiger partial charge in [-0.15, -0.1) is 0 Å². The minimum atomic E-state index is -0.658. The van der Waals surface area contributed by atoms with Gasteiger partial charge in [0.25, 0.3) is 0 Å². The minimum absolute atomic E-state index is 0.117. The molecule has 3 rings (SSSR count). The molecule has 2 amide bonds. The Hall–Kier alpha value is -3.11. The van der Waals surface area contributed by atoms with Crippen molar-refractivity contribution in [2.75, 3.05) is 0 Å². The van der Waals surface area contributed by atoms with Crippen LogP contribution in [0.25, 0.3) is 0 Å². The number of hydrogen-bond acceptors (Lipinski definition) is 2. The summed E-state index contributed by atoms with van der Waals surface area (Å²) in [6.07, 6.45) is 0.594. The summed E-state index contributed by atoms with van der Waals surface area (Å²) in [5, 5.41) is 3.68. The van der Waals surface area contributed by atoms with Crippen LogP contribution in [0, 0.1) is 6.92 Å². The summed E-state index contributed by atoms with van der Waals surface area (Å²) in [6.45, 7) is 8.21. The Kier molecular flexibility index (Phi) is 8.51. The highest BCUT2D eigenvalue weighted by Crippen LogP contribution is 2.19. The molecule has 0 fully saturated rings. The molecule has 178 valence electrons. The summed E-state index contributed by atoms with van der Waals surface area (Å²) in [4.78, 5) is 29.0. The van der Waals surface area contributed by atoms with Gasteiger partial charge in [-0.05, 0) is 56.5 Å².